The molecule has 0 aliphatic carbocycles. The van der Waals surface area contributed by atoms with E-state index in [-0.39, 0.29) is 11.8 Å². The number of benzene rings is 3. The Morgan fingerprint density at radius 2 is 1.45 bits per heavy atom. The van der Waals surface area contributed by atoms with Crippen LogP contribution < -0.4 is 9.96 Å². The van der Waals surface area contributed by atoms with Gasteiger partial charge in [-0.15, -0.1) is 0 Å². The molecule has 3 unspecified atom stereocenters. The summed E-state index contributed by atoms with van der Waals surface area (Å²) in [5, 5.41) is 2.27. The molecule has 0 spiro atoms. The number of nitrogens with zero attached hydrogens (tertiary/aromatic N) is 2. The van der Waals surface area contributed by atoms with Crippen LogP contribution >= 0.6 is 27.5 Å². The number of carbonyl (C=O) groups excluding carboxylic acids is 2. The Balaban J connectivity index is 1.57. The van der Waals surface area contributed by atoms with Gasteiger partial charge in [0.15, 0.2) is 6.10 Å². The van der Waals surface area contributed by atoms with E-state index in [1.54, 1.807) is 29.3 Å². The maximum absolute atomic E-state index is 13.5. The summed E-state index contributed by atoms with van der Waals surface area (Å²) >= 11 is 9.44. The number of rotatable bonds is 3. The van der Waals surface area contributed by atoms with Gasteiger partial charge in [0.2, 0.25) is 5.91 Å². The maximum atomic E-state index is 13.5. The first-order valence-electron chi connectivity index (χ1n) is 9.85. The van der Waals surface area contributed by atoms with Crippen LogP contribution in [0.1, 0.15) is 17.2 Å². The Bertz CT molecular complexity index is 1150. The fourth-order valence-electron chi connectivity index (χ4n) is 4.17. The molecule has 5 nitrogen and oxygen atoms in total. The zero-order valence-corrected chi connectivity index (χ0v) is 18.9. The molecule has 2 saturated heterocycles. The lowest BCUT2D eigenvalue weighted by molar-refractivity contribution is -0.126. The fraction of sp³-hybridized carbons (Fsp3) is 0.167. The fourth-order valence-corrected chi connectivity index (χ4v) is 4.56. The van der Waals surface area contributed by atoms with E-state index in [9.17, 15) is 9.59 Å². The number of fused-ring (bicyclic) bond motifs is 1. The van der Waals surface area contributed by atoms with Gasteiger partial charge in [0.1, 0.15) is 5.92 Å². The molecule has 2 aliphatic heterocycles. The summed E-state index contributed by atoms with van der Waals surface area (Å²) in [6.45, 7) is 2.01. The molecule has 2 fully saturated rings. The third-order valence-corrected chi connectivity index (χ3v) is 6.48. The van der Waals surface area contributed by atoms with Crippen molar-refractivity contribution in [3.63, 3.8) is 0 Å². The van der Waals surface area contributed by atoms with Crippen LogP contribution in [0.15, 0.2) is 77.3 Å². The summed E-state index contributed by atoms with van der Waals surface area (Å²) < 4.78 is 0.873. The molecule has 0 saturated carbocycles. The predicted molar refractivity (Wildman–Crippen MR) is 123 cm³/mol. The van der Waals surface area contributed by atoms with Crippen molar-refractivity contribution in [2.45, 2.75) is 19.1 Å². The SMILES string of the molecule is Cc1ccc(C2C3C(=O)N(c4ccc(Br)cc4)C(=O)C3ON2c2ccc(Cl)cc2)cc1. The Morgan fingerprint density at radius 1 is 0.839 bits per heavy atom. The molecule has 0 radical (unpaired) electrons. The molecule has 0 bridgehead atoms. The Labute approximate surface area is 193 Å². The highest BCUT2D eigenvalue weighted by Gasteiger charge is 2.60. The molecule has 0 aromatic heterocycles. The van der Waals surface area contributed by atoms with Gasteiger partial charge in [-0.2, -0.15) is 0 Å². The average Bonchev–Trinajstić information content (AvgIpc) is 3.26. The number of hydroxylamine groups is 1. The number of aryl methyl sites for hydroxylation is 1. The van der Waals surface area contributed by atoms with Crippen LogP contribution in [0.5, 0.6) is 0 Å². The lowest BCUT2D eigenvalue weighted by Gasteiger charge is -2.29. The van der Waals surface area contributed by atoms with E-state index in [0.29, 0.717) is 10.7 Å². The minimum absolute atomic E-state index is 0.264. The molecule has 7 heteroatoms. The summed E-state index contributed by atoms with van der Waals surface area (Å²) in [5.74, 6) is -1.28. The lowest BCUT2D eigenvalue weighted by Crippen LogP contribution is -2.37. The van der Waals surface area contributed by atoms with Crippen molar-refractivity contribution in [3.8, 4) is 0 Å². The van der Waals surface area contributed by atoms with Crippen LogP contribution in [-0.2, 0) is 14.4 Å². The van der Waals surface area contributed by atoms with E-state index in [1.807, 2.05) is 55.5 Å². The minimum Gasteiger partial charge on any atom is -0.273 e. The van der Waals surface area contributed by atoms with Gasteiger partial charge in [0, 0.05) is 9.50 Å². The third kappa shape index (κ3) is 3.45. The van der Waals surface area contributed by atoms with Gasteiger partial charge in [0.05, 0.1) is 17.4 Å². The molecule has 156 valence electrons. The molecule has 5 rings (SSSR count). The number of halogens is 2. The van der Waals surface area contributed by atoms with Crippen LogP contribution in [0.2, 0.25) is 5.02 Å². The van der Waals surface area contributed by atoms with E-state index < -0.39 is 18.1 Å². The predicted octanol–water partition coefficient (Wildman–Crippen LogP) is 5.46. The molecule has 2 amide bonds. The van der Waals surface area contributed by atoms with Crippen molar-refractivity contribution in [2.75, 3.05) is 9.96 Å². The number of hydrogen-bond donors (Lipinski definition) is 0. The number of anilines is 2. The van der Waals surface area contributed by atoms with Crippen molar-refractivity contribution in [2.24, 2.45) is 5.92 Å². The van der Waals surface area contributed by atoms with Crippen molar-refractivity contribution in [1.29, 1.82) is 0 Å². The topological polar surface area (TPSA) is 49.9 Å². The highest BCUT2D eigenvalue weighted by molar-refractivity contribution is 9.10. The van der Waals surface area contributed by atoms with Crippen LogP contribution in [0, 0.1) is 12.8 Å². The molecular weight excluding hydrogens is 480 g/mol. The van der Waals surface area contributed by atoms with Crippen LogP contribution in [0.4, 0.5) is 11.4 Å². The van der Waals surface area contributed by atoms with Crippen molar-refractivity contribution < 1.29 is 14.4 Å². The molecule has 31 heavy (non-hydrogen) atoms. The second-order valence-electron chi connectivity index (χ2n) is 7.70. The lowest BCUT2D eigenvalue weighted by atomic mass is 9.90. The molecule has 0 N–H and O–H groups in total. The van der Waals surface area contributed by atoms with Gasteiger partial charge in [-0.3, -0.25) is 14.4 Å². The number of amides is 2. The van der Waals surface area contributed by atoms with Crippen molar-refractivity contribution in [1.82, 2.24) is 0 Å². The normalized spacial score (nSPS) is 22.9. The van der Waals surface area contributed by atoms with E-state index in [2.05, 4.69) is 15.9 Å². The minimum atomic E-state index is -0.891. The van der Waals surface area contributed by atoms with Gasteiger partial charge in [-0.25, -0.2) is 9.96 Å². The first-order valence-corrected chi connectivity index (χ1v) is 11.0. The van der Waals surface area contributed by atoms with Gasteiger partial charge in [0.25, 0.3) is 5.91 Å². The van der Waals surface area contributed by atoms with Gasteiger partial charge in [-0.05, 0) is 61.0 Å². The first kappa shape index (κ1) is 20.2. The molecular formula is C24H18BrClN2O3. The monoisotopic (exact) mass is 496 g/mol. The summed E-state index contributed by atoms with van der Waals surface area (Å²) in [6.07, 6.45) is -0.891. The van der Waals surface area contributed by atoms with Gasteiger partial charge in [-0.1, -0.05) is 57.4 Å². The van der Waals surface area contributed by atoms with E-state index in [0.717, 1.165) is 21.3 Å². The van der Waals surface area contributed by atoms with Crippen LogP contribution in [0.25, 0.3) is 0 Å². The quantitative estimate of drug-likeness (QED) is 0.451. The highest BCUT2D eigenvalue weighted by atomic mass is 79.9. The Kier molecular flexibility index (Phi) is 5.08. The first-order chi connectivity index (χ1) is 14.9. The van der Waals surface area contributed by atoms with Crippen molar-refractivity contribution >= 4 is 50.7 Å². The van der Waals surface area contributed by atoms with Crippen LogP contribution in [-0.4, -0.2) is 17.9 Å². The van der Waals surface area contributed by atoms with Crippen LogP contribution in [0.3, 0.4) is 0 Å². The van der Waals surface area contributed by atoms with Crippen molar-refractivity contribution in [3.05, 3.63) is 93.4 Å². The number of hydrogen-bond acceptors (Lipinski definition) is 4. The Morgan fingerprint density at radius 3 is 2.10 bits per heavy atom. The smallest absolute Gasteiger partial charge is 0.266 e. The molecule has 3 aromatic rings. The third-order valence-electron chi connectivity index (χ3n) is 5.70. The largest absolute Gasteiger partial charge is 0.273 e. The summed E-state index contributed by atoms with van der Waals surface area (Å²) in [7, 11) is 0. The number of carbonyl (C=O) groups is 2. The molecule has 3 atom stereocenters. The van der Waals surface area contributed by atoms with E-state index in [4.69, 9.17) is 16.4 Å². The summed E-state index contributed by atoms with van der Waals surface area (Å²) in [5.41, 5.74) is 3.30. The standard InChI is InChI=1S/C24H18BrClN2O3/c1-14-2-4-15(5-3-14)21-20-22(31-28(21)19-12-8-17(26)9-13-19)24(30)27(23(20)29)18-10-6-16(25)7-11-18/h2-13,20-22H,1H3. The van der Waals surface area contributed by atoms with E-state index in [1.165, 1.54) is 4.90 Å². The second-order valence-corrected chi connectivity index (χ2v) is 9.05. The molecule has 2 aliphatic rings. The van der Waals surface area contributed by atoms with Gasteiger partial charge >= 0.3 is 0 Å². The average molecular weight is 498 g/mol. The number of imide groups is 1. The Hall–Kier alpha value is -2.67. The zero-order valence-electron chi connectivity index (χ0n) is 16.5. The van der Waals surface area contributed by atoms with Gasteiger partial charge < -0.3 is 0 Å². The second kappa shape index (κ2) is 7.79. The molecule has 2 heterocycles. The summed E-state index contributed by atoms with van der Waals surface area (Å²) in [4.78, 5) is 34.2. The molecule has 3 aromatic carbocycles. The maximum Gasteiger partial charge on any atom is 0.266 e. The van der Waals surface area contributed by atoms with E-state index >= 15 is 0 Å². The zero-order chi connectivity index (χ0) is 21.7. The highest BCUT2D eigenvalue weighted by Crippen LogP contribution is 2.47. The summed E-state index contributed by atoms with van der Waals surface area (Å²) in [6, 6.07) is 21.8.